The first-order valence-electron chi connectivity index (χ1n) is 5.98. The molecule has 0 N–H and O–H groups in total. The van der Waals surface area contributed by atoms with E-state index in [1.54, 1.807) is 12.0 Å². The maximum atomic E-state index is 11.9. The molecule has 0 saturated carbocycles. The number of anilines is 1. The molecule has 0 spiro atoms. The number of benzene rings is 1. The molecule has 1 aliphatic rings. The van der Waals surface area contributed by atoms with Crippen LogP contribution in [0, 0.1) is 32.1 Å². The number of aryl methyl sites for hydroxylation is 2. The Morgan fingerprint density at radius 2 is 2.00 bits per heavy atom. The number of carbonyl (C=O) groups is 1. The van der Waals surface area contributed by atoms with Crippen molar-refractivity contribution in [2.24, 2.45) is 5.92 Å². The second kappa shape index (κ2) is 4.73. The summed E-state index contributed by atoms with van der Waals surface area (Å²) >= 11 is 0. The number of carbonyl (C=O) groups excluding carboxylic acids is 1. The van der Waals surface area contributed by atoms with Crippen molar-refractivity contribution < 1.29 is 9.53 Å². The van der Waals surface area contributed by atoms with Gasteiger partial charge in [-0.05, 0) is 37.1 Å². The second-order valence-corrected chi connectivity index (χ2v) is 4.68. The fourth-order valence-electron chi connectivity index (χ4n) is 2.47. The van der Waals surface area contributed by atoms with Crippen molar-refractivity contribution in [3.8, 4) is 18.1 Å². The molecule has 1 aromatic carbocycles. The van der Waals surface area contributed by atoms with Crippen molar-refractivity contribution in [1.29, 1.82) is 0 Å². The maximum Gasteiger partial charge on any atom is 0.228 e. The van der Waals surface area contributed by atoms with E-state index in [1.807, 2.05) is 26.0 Å². The molecule has 0 aromatic heterocycles. The summed E-state index contributed by atoms with van der Waals surface area (Å²) in [6.07, 6.45) is 5.84. The summed E-state index contributed by atoms with van der Waals surface area (Å²) in [6, 6.07) is 3.95. The molecule has 0 aliphatic carbocycles. The van der Waals surface area contributed by atoms with Gasteiger partial charge >= 0.3 is 0 Å². The molecule has 1 heterocycles. The van der Waals surface area contributed by atoms with Crippen LogP contribution < -0.4 is 9.64 Å². The highest BCUT2D eigenvalue weighted by Crippen LogP contribution is 2.31. The normalized spacial score (nSPS) is 18.9. The first-order chi connectivity index (χ1) is 8.56. The van der Waals surface area contributed by atoms with Gasteiger partial charge in [0, 0.05) is 24.6 Å². The summed E-state index contributed by atoms with van der Waals surface area (Å²) in [5, 5.41) is 0. The number of methoxy groups -OCH3 is 1. The Hall–Kier alpha value is -1.95. The van der Waals surface area contributed by atoms with Crippen molar-refractivity contribution in [3.05, 3.63) is 23.3 Å². The van der Waals surface area contributed by atoms with Crippen molar-refractivity contribution in [2.45, 2.75) is 20.3 Å². The van der Waals surface area contributed by atoms with Crippen molar-refractivity contribution in [1.82, 2.24) is 0 Å². The molecule has 1 fully saturated rings. The highest BCUT2D eigenvalue weighted by atomic mass is 16.5. The summed E-state index contributed by atoms with van der Waals surface area (Å²) in [5.74, 6) is 3.66. The summed E-state index contributed by atoms with van der Waals surface area (Å²) in [6.45, 7) is 4.57. The van der Waals surface area contributed by atoms with E-state index in [1.165, 1.54) is 0 Å². The topological polar surface area (TPSA) is 29.5 Å². The molecule has 1 aliphatic heterocycles. The molecule has 1 atom stereocenters. The van der Waals surface area contributed by atoms with E-state index in [2.05, 4.69) is 5.92 Å². The Morgan fingerprint density at radius 3 is 2.44 bits per heavy atom. The van der Waals surface area contributed by atoms with E-state index in [0.717, 1.165) is 22.6 Å². The molecule has 3 heteroatoms. The van der Waals surface area contributed by atoms with Gasteiger partial charge < -0.3 is 9.64 Å². The Bertz CT molecular complexity index is 505. The average Bonchev–Trinajstić information content (AvgIpc) is 2.70. The third-order valence-electron chi connectivity index (χ3n) is 3.32. The second-order valence-electron chi connectivity index (χ2n) is 4.68. The molecule has 18 heavy (non-hydrogen) atoms. The number of rotatable bonds is 2. The molecule has 0 radical (unpaired) electrons. The minimum Gasteiger partial charge on any atom is -0.496 e. The number of hydrogen-bond donors (Lipinski definition) is 0. The average molecular weight is 243 g/mol. The highest BCUT2D eigenvalue weighted by Gasteiger charge is 2.29. The Kier molecular flexibility index (Phi) is 3.29. The molecule has 0 bridgehead atoms. The lowest BCUT2D eigenvalue weighted by Gasteiger charge is -2.19. The van der Waals surface area contributed by atoms with Crippen LogP contribution in [0.2, 0.25) is 0 Å². The van der Waals surface area contributed by atoms with Gasteiger partial charge in [0.25, 0.3) is 0 Å². The van der Waals surface area contributed by atoms with Crippen LogP contribution in [0.3, 0.4) is 0 Å². The van der Waals surface area contributed by atoms with E-state index in [0.29, 0.717) is 13.0 Å². The fourth-order valence-corrected chi connectivity index (χ4v) is 2.47. The molecular formula is C15H17NO2. The first-order valence-corrected chi connectivity index (χ1v) is 5.98. The molecule has 3 nitrogen and oxygen atoms in total. The third-order valence-corrected chi connectivity index (χ3v) is 3.32. The molecule has 1 aromatic rings. The fraction of sp³-hybridized carbons (Fsp3) is 0.400. The highest BCUT2D eigenvalue weighted by molar-refractivity contribution is 5.96. The molecule has 2 rings (SSSR count). The summed E-state index contributed by atoms with van der Waals surface area (Å²) in [7, 11) is 1.66. The van der Waals surface area contributed by atoms with Crippen LogP contribution >= 0.6 is 0 Å². The Balaban J connectivity index is 2.36. The minimum atomic E-state index is 0.0280. The lowest BCUT2D eigenvalue weighted by atomic mass is 10.1. The Labute approximate surface area is 108 Å². The van der Waals surface area contributed by atoms with Crippen LogP contribution in [0.4, 0.5) is 5.69 Å². The van der Waals surface area contributed by atoms with Gasteiger partial charge in [-0.3, -0.25) is 4.79 Å². The zero-order valence-corrected chi connectivity index (χ0v) is 11.0. The quantitative estimate of drug-likeness (QED) is 0.746. The third kappa shape index (κ3) is 2.06. The molecule has 1 saturated heterocycles. The first kappa shape index (κ1) is 12.5. The largest absolute Gasteiger partial charge is 0.496 e. The zero-order valence-electron chi connectivity index (χ0n) is 11.0. The van der Waals surface area contributed by atoms with Crippen LogP contribution in [0.15, 0.2) is 12.1 Å². The maximum absolute atomic E-state index is 11.9. The van der Waals surface area contributed by atoms with Gasteiger partial charge in [-0.25, -0.2) is 0 Å². The van der Waals surface area contributed by atoms with Crippen LogP contribution in [0.5, 0.6) is 5.75 Å². The van der Waals surface area contributed by atoms with Crippen LogP contribution in [-0.4, -0.2) is 19.6 Å². The predicted molar refractivity (Wildman–Crippen MR) is 71.8 cm³/mol. The lowest BCUT2D eigenvalue weighted by Crippen LogP contribution is -2.24. The van der Waals surface area contributed by atoms with Gasteiger partial charge in [0.1, 0.15) is 5.75 Å². The van der Waals surface area contributed by atoms with E-state index >= 15 is 0 Å². The number of amides is 1. The van der Waals surface area contributed by atoms with E-state index < -0.39 is 0 Å². The smallest absolute Gasteiger partial charge is 0.228 e. The zero-order chi connectivity index (χ0) is 13.3. The summed E-state index contributed by atoms with van der Waals surface area (Å²) < 4.78 is 5.33. The molecule has 94 valence electrons. The van der Waals surface area contributed by atoms with Gasteiger partial charge in [0.2, 0.25) is 5.91 Å². The Morgan fingerprint density at radius 1 is 1.39 bits per heavy atom. The lowest BCUT2D eigenvalue weighted by molar-refractivity contribution is -0.117. The van der Waals surface area contributed by atoms with Crippen molar-refractivity contribution in [3.63, 3.8) is 0 Å². The van der Waals surface area contributed by atoms with E-state index in [-0.39, 0.29) is 11.8 Å². The van der Waals surface area contributed by atoms with Crippen molar-refractivity contribution in [2.75, 3.05) is 18.6 Å². The van der Waals surface area contributed by atoms with E-state index in [9.17, 15) is 4.79 Å². The number of hydrogen-bond acceptors (Lipinski definition) is 2. The molecule has 1 unspecified atom stereocenters. The van der Waals surface area contributed by atoms with Gasteiger partial charge in [-0.1, -0.05) is 0 Å². The van der Waals surface area contributed by atoms with Crippen molar-refractivity contribution >= 4 is 11.6 Å². The van der Waals surface area contributed by atoms with Gasteiger partial charge in [0.05, 0.1) is 7.11 Å². The van der Waals surface area contributed by atoms with Crippen LogP contribution in [0.25, 0.3) is 0 Å². The standard InChI is InChI=1S/C15H17NO2/c1-5-12-8-14(17)16(9-12)13-6-10(2)15(18-4)11(3)7-13/h1,6-7,12H,8-9H2,2-4H3. The minimum absolute atomic E-state index is 0.0280. The van der Waals surface area contributed by atoms with Gasteiger partial charge in [0.15, 0.2) is 0 Å². The van der Waals surface area contributed by atoms with E-state index in [4.69, 9.17) is 11.2 Å². The number of nitrogens with zero attached hydrogens (tertiary/aromatic N) is 1. The van der Waals surface area contributed by atoms with Gasteiger partial charge in [-0.15, -0.1) is 12.3 Å². The summed E-state index contributed by atoms with van der Waals surface area (Å²) in [5.41, 5.74) is 2.97. The summed E-state index contributed by atoms with van der Waals surface area (Å²) in [4.78, 5) is 13.7. The predicted octanol–water partition coefficient (Wildman–Crippen LogP) is 2.30. The SMILES string of the molecule is C#CC1CC(=O)N(c2cc(C)c(OC)c(C)c2)C1. The van der Waals surface area contributed by atoms with Crippen LogP contribution in [0.1, 0.15) is 17.5 Å². The number of ether oxygens (including phenoxy) is 1. The molecular weight excluding hydrogens is 226 g/mol. The molecule has 1 amide bonds. The monoisotopic (exact) mass is 243 g/mol. The van der Waals surface area contributed by atoms with Gasteiger partial charge in [-0.2, -0.15) is 0 Å². The van der Waals surface area contributed by atoms with Crippen LogP contribution in [-0.2, 0) is 4.79 Å². The number of terminal acetylenes is 1.